The van der Waals surface area contributed by atoms with Crippen LogP contribution in [-0.4, -0.2) is 29.8 Å². The second kappa shape index (κ2) is 8.04. The van der Waals surface area contributed by atoms with Gasteiger partial charge in [-0.3, -0.25) is 0 Å². The van der Waals surface area contributed by atoms with E-state index in [9.17, 15) is 9.59 Å². The Morgan fingerprint density at radius 1 is 1.30 bits per heavy atom. The number of nitrogens with one attached hydrogen (secondary N) is 2. The van der Waals surface area contributed by atoms with Crippen LogP contribution in [0.4, 0.5) is 10.5 Å². The maximum Gasteiger partial charge on any atom is 0.341 e. The molecule has 2 amide bonds. The molecule has 6 heteroatoms. The summed E-state index contributed by atoms with van der Waals surface area (Å²) in [7, 11) is 0. The van der Waals surface area contributed by atoms with Gasteiger partial charge in [0, 0.05) is 11.7 Å². The number of hydrogen-bond acceptors (Lipinski definition) is 3. The number of carbonyl (C=O) groups is 2. The quantitative estimate of drug-likeness (QED) is 0.716. The van der Waals surface area contributed by atoms with Crippen LogP contribution in [0, 0.1) is 0 Å². The minimum absolute atomic E-state index is 0.123. The molecule has 0 heterocycles. The summed E-state index contributed by atoms with van der Waals surface area (Å²) in [4.78, 5) is 22.0. The molecule has 1 rings (SSSR count). The van der Waals surface area contributed by atoms with Gasteiger partial charge < -0.3 is 20.5 Å². The van der Waals surface area contributed by atoms with Gasteiger partial charge in [-0.15, -0.1) is 0 Å². The highest BCUT2D eigenvalue weighted by Gasteiger charge is 2.06. The number of carbonyl (C=O) groups excluding carboxylic acids is 1. The number of ether oxygens (including phenoxy) is 1. The third-order valence-corrected chi connectivity index (χ3v) is 2.57. The molecule has 0 aromatic heterocycles. The topological polar surface area (TPSA) is 87.7 Å². The van der Waals surface area contributed by atoms with E-state index >= 15 is 0 Å². The number of aliphatic carboxylic acids is 1. The predicted octanol–water partition coefficient (Wildman–Crippen LogP) is 2.46. The van der Waals surface area contributed by atoms with Gasteiger partial charge in [0.25, 0.3) is 0 Å². The van der Waals surface area contributed by atoms with E-state index in [1.54, 1.807) is 24.3 Å². The first-order chi connectivity index (χ1) is 9.51. The monoisotopic (exact) mass is 280 g/mol. The molecule has 1 unspecified atom stereocenters. The van der Waals surface area contributed by atoms with Crippen molar-refractivity contribution < 1.29 is 19.4 Å². The zero-order valence-corrected chi connectivity index (χ0v) is 11.7. The average molecular weight is 280 g/mol. The molecule has 0 fully saturated rings. The second-order valence-electron chi connectivity index (χ2n) is 4.49. The van der Waals surface area contributed by atoms with Crippen LogP contribution in [0.25, 0.3) is 0 Å². The Labute approximate surface area is 118 Å². The molecular formula is C14H20N2O4. The molecule has 20 heavy (non-hydrogen) atoms. The van der Waals surface area contributed by atoms with Gasteiger partial charge in [-0.1, -0.05) is 13.3 Å². The molecule has 0 saturated carbocycles. The lowest BCUT2D eigenvalue weighted by Gasteiger charge is -2.13. The van der Waals surface area contributed by atoms with Crippen LogP contribution in [-0.2, 0) is 4.79 Å². The SMILES string of the molecule is CCCC(C)NC(=O)Nc1ccc(OCC(=O)O)cc1. The summed E-state index contributed by atoms with van der Waals surface area (Å²) in [6, 6.07) is 6.38. The van der Waals surface area contributed by atoms with Crippen LogP contribution < -0.4 is 15.4 Å². The Kier molecular flexibility index (Phi) is 6.36. The van der Waals surface area contributed by atoms with Crippen molar-refractivity contribution in [3.05, 3.63) is 24.3 Å². The summed E-state index contributed by atoms with van der Waals surface area (Å²) < 4.78 is 5.00. The third kappa shape index (κ3) is 6.08. The number of carboxylic acids is 1. The van der Waals surface area contributed by atoms with Crippen LogP contribution in [0.5, 0.6) is 5.75 Å². The number of carboxylic acid groups (broad SMARTS) is 1. The first-order valence-electron chi connectivity index (χ1n) is 6.53. The van der Waals surface area contributed by atoms with Crippen LogP contribution in [0.15, 0.2) is 24.3 Å². The summed E-state index contributed by atoms with van der Waals surface area (Å²) in [5, 5.41) is 14.0. The molecule has 3 N–H and O–H groups in total. The van der Waals surface area contributed by atoms with Crippen LogP contribution in [0.2, 0.25) is 0 Å². The average Bonchev–Trinajstić information content (AvgIpc) is 2.37. The fraction of sp³-hybridized carbons (Fsp3) is 0.429. The maximum atomic E-state index is 11.7. The van der Waals surface area contributed by atoms with E-state index in [0.717, 1.165) is 12.8 Å². The van der Waals surface area contributed by atoms with Crippen LogP contribution in [0.3, 0.4) is 0 Å². The molecule has 1 aromatic rings. The highest BCUT2D eigenvalue weighted by atomic mass is 16.5. The van der Waals surface area contributed by atoms with Crippen molar-refractivity contribution in [1.29, 1.82) is 0 Å². The van der Waals surface area contributed by atoms with Crippen LogP contribution >= 0.6 is 0 Å². The standard InChI is InChI=1S/C14H20N2O4/c1-3-4-10(2)15-14(19)16-11-5-7-12(8-6-11)20-9-13(17)18/h5-8,10H,3-4,9H2,1-2H3,(H,17,18)(H2,15,16,19). The van der Waals surface area contributed by atoms with Gasteiger partial charge in [0.15, 0.2) is 6.61 Å². The van der Waals surface area contributed by atoms with E-state index in [0.29, 0.717) is 11.4 Å². The van der Waals surface area contributed by atoms with Crippen molar-refractivity contribution in [3.63, 3.8) is 0 Å². The molecule has 0 bridgehead atoms. The molecule has 110 valence electrons. The van der Waals surface area contributed by atoms with Gasteiger partial charge in [0.1, 0.15) is 5.75 Å². The Hall–Kier alpha value is -2.24. The number of urea groups is 1. The molecule has 1 atom stereocenters. The third-order valence-electron chi connectivity index (χ3n) is 2.57. The lowest BCUT2D eigenvalue weighted by atomic mass is 10.2. The Morgan fingerprint density at radius 2 is 1.95 bits per heavy atom. The van der Waals surface area contributed by atoms with Gasteiger partial charge in [-0.25, -0.2) is 9.59 Å². The molecule has 0 aliphatic heterocycles. The smallest absolute Gasteiger partial charge is 0.341 e. The lowest BCUT2D eigenvalue weighted by Crippen LogP contribution is -2.35. The minimum Gasteiger partial charge on any atom is -0.482 e. The second-order valence-corrected chi connectivity index (χ2v) is 4.49. The van der Waals surface area contributed by atoms with Gasteiger partial charge in [-0.05, 0) is 37.6 Å². The predicted molar refractivity (Wildman–Crippen MR) is 76.1 cm³/mol. The van der Waals surface area contributed by atoms with E-state index in [1.165, 1.54) is 0 Å². The Balaban J connectivity index is 2.44. The number of rotatable bonds is 7. The van der Waals surface area contributed by atoms with Crippen LogP contribution in [0.1, 0.15) is 26.7 Å². The van der Waals surface area contributed by atoms with E-state index in [-0.39, 0.29) is 18.7 Å². The van der Waals surface area contributed by atoms with E-state index in [4.69, 9.17) is 9.84 Å². The van der Waals surface area contributed by atoms with E-state index in [1.807, 2.05) is 6.92 Å². The number of anilines is 1. The highest BCUT2D eigenvalue weighted by molar-refractivity contribution is 5.89. The molecule has 0 spiro atoms. The minimum atomic E-state index is -1.03. The van der Waals surface area contributed by atoms with Gasteiger partial charge in [0.05, 0.1) is 0 Å². The van der Waals surface area contributed by atoms with Crippen molar-refractivity contribution in [3.8, 4) is 5.75 Å². The fourth-order valence-electron chi connectivity index (χ4n) is 1.68. The molecule has 6 nitrogen and oxygen atoms in total. The summed E-state index contributed by atoms with van der Waals surface area (Å²) in [5.74, 6) is -0.589. The first-order valence-corrected chi connectivity index (χ1v) is 6.53. The normalized spacial score (nSPS) is 11.5. The summed E-state index contributed by atoms with van der Waals surface area (Å²) in [5.41, 5.74) is 0.619. The summed E-state index contributed by atoms with van der Waals surface area (Å²) in [6.45, 7) is 3.62. The largest absolute Gasteiger partial charge is 0.482 e. The van der Waals surface area contributed by atoms with Crippen molar-refractivity contribution >= 4 is 17.7 Å². The van der Waals surface area contributed by atoms with Gasteiger partial charge in [0.2, 0.25) is 0 Å². The van der Waals surface area contributed by atoms with E-state index in [2.05, 4.69) is 17.6 Å². The Bertz CT molecular complexity index is 445. The van der Waals surface area contributed by atoms with Crippen molar-refractivity contribution in [2.24, 2.45) is 0 Å². The van der Waals surface area contributed by atoms with Crippen molar-refractivity contribution in [2.45, 2.75) is 32.7 Å². The zero-order valence-electron chi connectivity index (χ0n) is 11.7. The maximum absolute atomic E-state index is 11.7. The number of amides is 2. The lowest BCUT2D eigenvalue weighted by molar-refractivity contribution is -0.139. The number of hydrogen-bond donors (Lipinski definition) is 3. The fourth-order valence-corrected chi connectivity index (χ4v) is 1.68. The van der Waals surface area contributed by atoms with E-state index < -0.39 is 5.97 Å². The Morgan fingerprint density at radius 3 is 2.50 bits per heavy atom. The molecule has 0 aliphatic carbocycles. The molecule has 0 saturated heterocycles. The summed E-state index contributed by atoms with van der Waals surface area (Å²) >= 11 is 0. The molecule has 0 aliphatic rings. The first kappa shape index (κ1) is 15.8. The molecule has 1 aromatic carbocycles. The molecule has 0 radical (unpaired) electrons. The number of benzene rings is 1. The zero-order chi connectivity index (χ0) is 15.0. The molecular weight excluding hydrogens is 260 g/mol. The summed E-state index contributed by atoms with van der Waals surface area (Å²) in [6.07, 6.45) is 1.94. The van der Waals surface area contributed by atoms with Crippen molar-refractivity contribution in [1.82, 2.24) is 5.32 Å². The highest BCUT2D eigenvalue weighted by Crippen LogP contribution is 2.15. The van der Waals surface area contributed by atoms with Gasteiger partial charge >= 0.3 is 12.0 Å². The van der Waals surface area contributed by atoms with Gasteiger partial charge in [-0.2, -0.15) is 0 Å². The van der Waals surface area contributed by atoms with Crippen molar-refractivity contribution in [2.75, 3.05) is 11.9 Å².